The molecule has 3 atom stereocenters. The first-order valence-corrected chi connectivity index (χ1v) is 11.9. The predicted octanol–water partition coefficient (Wildman–Crippen LogP) is 6.44. The van der Waals surface area contributed by atoms with Crippen LogP contribution in [0.2, 0.25) is 10.0 Å². The fraction of sp³-hybridized carbons (Fsp3) is 0.111. The molecular weight excluding hydrogens is 506 g/mol. The number of carbonyl (C=O) groups excluding carboxylic acids is 2. The topological polar surface area (TPSA) is 63.0 Å². The summed E-state index contributed by atoms with van der Waals surface area (Å²) in [6.45, 7) is 0. The van der Waals surface area contributed by atoms with E-state index in [1.807, 2.05) is 30.3 Å². The minimum Gasteiger partial charge on any atom is -0.459 e. The molecule has 1 aromatic heterocycles. The second-order valence-corrected chi connectivity index (χ2v) is 9.32. The molecule has 0 saturated carbocycles. The molecule has 2 fully saturated rings. The molecule has 2 saturated heterocycles. The fourth-order valence-corrected chi connectivity index (χ4v) is 5.19. The zero-order valence-electron chi connectivity index (χ0n) is 18.5. The zero-order chi connectivity index (χ0) is 25.0. The maximum absolute atomic E-state index is 13.6. The highest BCUT2D eigenvalue weighted by Crippen LogP contribution is 2.48. The van der Waals surface area contributed by atoms with Gasteiger partial charge in [-0.15, -0.1) is 0 Å². The van der Waals surface area contributed by atoms with Gasteiger partial charge in [0.15, 0.2) is 6.10 Å². The van der Waals surface area contributed by atoms with Crippen LogP contribution in [0.1, 0.15) is 11.8 Å². The SMILES string of the molecule is O=C1[C@@H]2[C@H](ON(c3ccccc3)[C@H]2c2ccc(-c3ccc(Cl)cc3Cl)o2)C(=O)N1c1ccc(F)cc1. The molecule has 2 amide bonds. The maximum Gasteiger partial charge on any atom is 0.266 e. The number of anilines is 2. The number of hydroxylamine groups is 1. The summed E-state index contributed by atoms with van der Waals surface area (Å²) in [4.78, 5) is 34.1. The van der Waals surface area contributed by atoms with E-state index in [4.69, 9.17) is 32.5 Å². The van der Waals surface area contributed by atoms with Crippen LogP contribution in [0.3, 0.4) is 0 Å². The number of hydrogen-bond acceptors (Lipinski definition) is 5. The molecule has 6 nitrogen and oxygen atoms in total. The van der Waals surface area contributed by atoms with Gasteiger partial charge in [0, 0.05) is 10.6 Å². The Morgan fingerprint density at radius 2 is 1.56 bits per heavy atom. The van der Waals surface area contributed by atoms with E-state index in [9.17, 15) is 14.0 Å². The molecule has 36 heavy (non-hydrogen) atoms. The lowest BCUT2D eigenvalue weighted by atomic mass is 9.94. The molecule has 0 unspecified atom stereocenters. The average molecular weight is 523 g/mol. The second-order valence-electron chi connectivity index (χ2n) is 8.47. The van der Waals surface area contributed by atoms with E-state index in [2.05, 4.69) is 0 Å². The number of imide groups is 1. The van der Waals surface area contributed by atoms with Gasteiger partial charge >= 0.3 is 0 Å². The van der Waals surface area contributed by atoms with Gasteiger partial charge in [-0.1, -0.05) is 41.4 Å². The summed E-state index contributed by atoms with van der Waals surface area (Å²) < 4.78 is 19.7. The largest absolute Gasteiger partial charge is 0.459 e. The minimum absolute atomic E-state index is 0.280. The fourth-order valence-electron chi connectivity index (χ4n) is 4.69. The van der Waals surface area contributed by atoms with Crippen LogP contribution in [0.25, 0.3) is 11.3 Å². The molecule has 0 spiro atoms. The monoisotopic (exact) mass is 522 g/mol. The standard InChI is InChI=1S/C27H17Cl2FN2O4/c28-15-6-11-19(20(29)14-15)21-12-13-22(35-21)24-23-25(36-32(24)18-4-2-1-3-5-18)27(34)31(26(23)33)17-9-7-16(30)8-10-17/h1-14,23-25H/t23-,24-,25-/m0/s1. The third-order valence-electron chi connectivity index (χ3n) is 6.33. The van der Waals surface area contributed by atoms with Crippen molar-refractivity contribution in [2.24, 2.45) is 5.92 Å². The Hall–Kier alpha value is -3.65. The molecule has 9 heteroatoms. The van der Waals surface area contributed by atoms with E-state index < -0.39 is 35.7 Å². The summed E-state index contributed by atoms with van der Waals surface area (Å²) >= 11 is 12.4. The average Bonchev–Trinajstić information content (AvgIpc) is 3.56. The van der Waals surface area contributed by atoms with Gasteiger partial charge in [-0.3, -0.25) is 14.4 Å². The van der Waals surface area contributed by atoms with E-state index in [1.54, 1.807) is 35.4 Å². The number of hydrogen-bond donors (Lipinski definition) is 0. The smallest absolute Gasteiger partial charge is 0.266 e. The molecule has 180 valence electrons. The molecular formula is C27H17Cl2FN2O4. The zero-order valence-corrected chi connectivity index (χ0v) is 20.0. The molecule has 4 aromatic rings. The highest BCUT2D eigenvalue weighted by molar-refractivity contribution is 6.36. The van der Waals surface area contributed by atoms with Crippen LogP contribution < -0.4 is 9.96 Å². The van der Waals surface area contributed by atoms with Gasteiger partial charge < -0.3 is 4.42 Å². The number of furan rings is 1. The van der Waals surface area contributed by atoms with Crippen molar-refractivity contribution in [3.05, 3.63) is 107 Å². The van der Waals surface area contributed by atoms with E-state index in [-0.39, 0.29) is 5.69 Å². The lowest BCUT2D eigenvalue weighted by Gasteiger charge is -2.27. The molecule has 3 aromatic carbocycles. The second kappa shape index (κ2) is 8.78. The van der Waals surface area contributed by atoms with Gasteiger partial charge in [0.2, 0.25) is 5.91 Å². The Balaban J connectivity index is 1.42. The minimum atomic E-state index is -1.07. The molecule has 0 radical (unpaired) electrons. The molecule has 6 rings (SSSR count). The lowest BCUT2D eigenvalue weighted by molar-refractivity contribution is -0.126. The van der Waals surface area contributed by atoms with E-state index in [0.29, 0.717) is 32.8 Å². The number of rotatable bonds is 4. The van der Waals surface area contributed by atoms with Gasteiger partial charge in [0.05, 0.1) is 16.4 Å². The number of fused-ring (bicyclic) bond motifs is 1. The number of nitrogens with zero attached hydrogens (tertiary/aromatic N) is 2. The van der Waals surface area contributed by atoms with Crippen LogP contribution in [0, 0.1) is 11.7 Å². The van der Waals surface area contributed by atoms with Gasteiger partial charge in [0.25, 0.3) is 5.91 Å². The Morgan fingerprint density at radius 1 is 0.806 bits per heavy atom. The van der Waals surface area contributed by atoms with Crippen molar-refractivity contribution in [1.29, 1.82) is 0 Å². The third-order valence-corrected chi connectivity index (χ3v) is 6.87. The summed E-state index contributed by atoms with van der Waals surface area (Å²) in [5, 5.41) is 2.45. The normalized spacial score (nSPS) is 21.4. The van der Waals surface area contributed by atoms with E-state index in [1.165, 1.54) is 24.3 Å². The van der Waals surface area contributed by atoms with Crippen molar-refractivity contribution in [1.82, 2.24) is 0 Å². The van der Waals surface area contributed by atoms with Crippen LogP contribution in [0.5, 0.6) is 0 Å². The molecule has 2 aliphatic heterocycles. The number of amides is 2. The lowest BCUT2D eigenvalue weighted by Crippen LogP contribution is -2.37. The summed E-state index contributed by atoms with van der Waals surface area (Å²) in [5.41, 5.74) is 1.58. The first-order valence-electron chi connectivity index (χ1n) is 11.1. The molecule has 0 N–H and O–H groups in total. The molecule has 3 heterocycles. The quantitative estimate of drug-likeness (QED) is 0.288. The number of halogens is 3. The van der Waals surface area contributed by atoms with Gasteiger partial charge in [-0.25, -0.2) is 14.4 Å². The van der Waals surface area contributed by atoms with Crippen molar-refractivity contribution >= 4 is 46.4 Å². The number of carbonyl (C=O) groups is 2. The van der Waals surface area contributed by atoms with Gasteiger partial charge in [-0.05, 0) is 66.7 Å². The first-order chi connectivity index (χ1) is 17.4. The Labute approximate surface area is 215 Å². The van der Waals surface area contributed by atoms with Crippen molar-refractivity contribution in [2.45, 2.75) is 12.1 Å². The van der Waals surface area contributed by atoms with Crippen molar-refractivity contribution in [2.75, 3.05) is 9.96 Å². The van der Waals surface area contributed by atoms with Crippen LogP contribution in [0.4, 0.5) is 15.8 Å². The van der Waals surface area contributed by atoms with Gasteiger partial charge in [-0.2, -0.15) is 0 Å². The molecule has 2 aliphatic rings. The van der Waals surface area contributed by atoms with Crippen LogP contribution in [-0.2, 0) is 14.4 Å². The summed E-state index contributed by atoms with van der Waals surface area (Å²) in [6.07, 6.45) is -1.07. The van der Waals surface area contributed by atoms with Crippen LogP contribution in [0.15, 0.2) is 89.3 Å². The predicted molar refractivity (Wildman–Crippen MR) is 133 cm³/mol. The van der Waals surface area contributed by atoms with Crippen molar-refractivity contribution < 1.29 is 23.2 Å². The molecule has 0 aliphatic carbocycles. The Bertz CT molecular complexity index is 1470. The molecule has 0 bridgehead atoms. The van der Waals surface area contributed by atoms with Crippen LogP contribution in [-0.4, -0.2) is 17.9 Å². The van der Waals surface area contributed by atoms with Crippen molar-refractivity contribution in [3.63, 3.8) is 0 Å². The Morgan fingerprint density at radius 3 is 2.28 bits per heavy atom. The number of para-hydroxylation sites is 1. The highest BCUT2D eigenvalue weighted by Gasteiger charge is 2.61. The maximum atomic E-state index is 13.6. The number of benzene rings is 3. The Kier molecular flexibility index (Phi) is 5.56. The van der Waals surface area contributed by atoms with Crippen LogP contribution >= 0.6 is 23.2 Å². The summed E-state index contributed by atoms with van der Waals surface area (Å²) in [5.74, 6) is -1.42. The van der Waals surface area contributed by atoms with Gasteiger partial charge in [0.1, 0.15) is 29.3 Å². The van der Waals surface area contributed by atoms with E-state index >= 15 is 0 Å². The summed E-state index contributed by atoms with van der Waals surface area (Å²) in [6, 6.07) is 22.2. The summed E-state index contributed by atoms with van der Waals surface area (Å²) in [7, 11) is 0. The third kappa shape index (κ3) is 3.67. The first kappa shape index (κ1) is 22.8. The van der Waals surface area contributed by atoms with E-state index in [0.717, 1.165) is 4.90 Å². The highest BCUT2D eigenvalue weighted by atomic mass is 35.5. The van der Waals surface area contributed by atoms with Crippen molar-refractivity contribution in [3.8, 4) is 11.3 Å².